The van der Waals surface area contributed by atoms with E-state index in [9.17, 15) is 9.59 Å². The lowest BCUT2D eigenvalue weighted by molar-refractivity contribution is -0.147. The van der Waals surface area contributed by atoms with E-state index in [0.717, 1.165) is 38.2 Å². The van der Waals surface area contributed by atoms with Crippen LogP contribution in [0.2, 0.25) is 0 Å². The van der Waals surface area contributed by atoms with Gasteiger partial charge in [0.15, 0.2) is 0 Å². The van der Waals surface area contributed by atoms with Crippen molar-refractivity contribution in [3.05, 3.63) is 29.8 Å². The number of ether oxygens (including phenoxy) is 1. The Morgan fingerprint density at radius 2 is 1.69 bits per heavy atom. The Morgan fingerprint density at radius 1 is 1.04 bits per heavy atom. The molecule has 0 aromatic heterocycles. The fourth-order valence-corrected chi connectivity index (χ4v) is 3.79. The number of esters is 1. The van der Waals surface area contributed by atoms with Gasteiger partial charge in [-0.2, -0.15) is 0 Å². The van der Waals surface area contributed by atoms with Gasteiger partial charge >= 0.3 is 5.97 Å². The predicted molar refractivity (Wildman–Crippen MR) is 101 cm³/mol. The SMILES string of the molecule is COC(=O)C1CCN(CC(=O)Nc2ccc(CN3CCCC3)cc2)CC1. The fraction of sp³-hybridized carbons (Fsp3) is 0.600. The molecule has 1 aromatic carbocycles. The number of rotatable bonds is 6. The van der Waals surface area contributed by atoms with Crippen molar-refractivity contribution >= 4 is 17.6 Å². The maximum absolute atomic E-state index is 12.3. The molecule has 2 aliphatic rings. The molecule has 6 heteroatoms. The molecule has 2 fully saturated rings. The average molecular weight is 359 g/mol. The predicted octanol–water partition coefficient (Wildman–Crippen LogP) is 2.11. The molecule has 1 aromatic rings. The van der Waals surface area contributed by atoms with Crippen molar-refractivity contribution in [1.29, 1.82) is 0 Å². The third-order valence-electron chi connectivity index (χ3n) is 5.33. The summed E-state index contributed by atoms with van der Waals surface area (Å²) in [5.41, 5.74) is 2.12. The molecule has 0 unspecified atom stereocenters. The smallest absolute Gasteiger partial charge is 0.308 e. The molecule has 2 heterocycles. The van der Waals surface area contributed by atoms with Gasteiger partial charge in [-0.25, -0.2) is 0 Å². The lowest BCUT2D eigenvalue weighted by atomic mass is 9.97. The second-order valence-corrected chi connectivity index (χ2v) is 7.30. The topological polar surface area (TPSA) is 61.9 Å². The van der Waals surface area contributed by atoms with Crippen LogP contribution in [-0.4, -0.2) is 61.5 Å². The summed E-state index contributed by atoms with van der Waals surface area (Å²) in [6.07, 6.45) is 4.10. The van der Waals surface area contributed by atoms with Crippen LogP contribution < -0.4 is 5.32 Å². The van der Waals surface area contributed by atoms with Crippen molar-refractivity contribution in [3.8, 4) is 0 Å². The third kappa shape index (κ3) is 5.29. The van der Waals surface area contributed by atoms with Gasteiger partial charge < -0.3 is 10.1 Å². The highest BCUT2D eigenvalue weighted by atomic mass is 16.5. The van der Waals surface area contributed by atoms with Crippen molar-refractivity contribution in [3.63, 3.8) is 0 Å². The van der Waals surface area contributed by atoms with Gasteiger partial charge in [-0.05, 0) is 69.6 Å². The highest BCUT2D eigenvalue weighted by Crippen LogP contribution is 2.19. The summed E-state index contributed by atoms with van der Waals surface area (Å²) >= 11 is 0. The first-order chi connectivity index (χ1) is 12.6. The van der Waals surface area contributed by atoms with E-state index in [1.807, 2.05) is 12.1 Å². The Balaban J connectivity index is 1.41. The minimum absolute atomic E-state index is 0.00573. The summed E-state index contributed by atoms with van der Waals surface area (Å²) in [5.74, 6) is -0.167. The molecule has 0 atom stereocenters. The van der Waals surface area contributed by atoms with Crippen LogP contribution in [0, 0.1) is 5.92 Å². The van der Waals surface area contributed by atoms with Gasteiger partial charge in [-0.1, -0.05) is 12.1 Å². The standard InChI is InChI=1S/C20H29N3O3/c1-26-20(25)17-8-12-23(13-9-17)15-19(24)21-18-6-4-16(5-7-18)14-22-10-2-3-11-22/h4-7,17H,2-3,8-15H2,1H3,(H,21,24). The van der Waals surface area contributed by atoms with Crippen LogP contribution in [0.4, 0.5) is 5.69 Å². The normalized spacial score (nSPS) is 19.4. The Hall–Kier alpha value is -1.92. The van der Waals surface area contributed by atoms with Crippen LogP contribution >= 0.6 is 0 Å². The van der Waals surface area contributed by atoms with Crippen LogP contribution in [0.25, 0.3) is 0 Å². The molecule has 0 spiro atoms. The van der Waals surface area contributed by atoms with Crippen LogP contribution in [0.1, 0.15) is 31.2 Å². The zero-order valence-electron chi connectivity index (χ0n) is 15.6. The maximum Gasteiger partial charge on any atom is 0.308 e. The molecule has 0 saturated carbocycles. The number of likely N-dealkylation sites (tertiary alicyclic amines) is 2. The Kier molecular flexibility index (Phi) is 6.63. The first-order valence-electron chi connectivity index (χ1n) is 9.55. The molecule has 1 N–H and O–H groups in total. The summed E-state index contributed by atoms with van der Waals surface area (Å²) in [5, 5.41) is 2.97. The molecule has 6 nitrogen and oxygen atoms in total. The number of benzene rings is 1. The summed E-state index contributed by atoms with van der Waals surface area (Å²) in [6.45, 7) is 5.23. The molecule has 0 aliphatic carbocycles. The second kappa shape index (κ2) is 9.14. The molecular formula is C20H29N3O3. The zero-order valence-corrected chi connectivity index (χ0v) is 15.6. The van der Waals surface area contributed by atoms with Gasteiger partial charge in [-0.15, -0.1) is 0 Å². The van der Waals surface area contributed by atoms with Crippen LogP contribution in [-0.2, 0) is 20.9 Å². The number of anilines is 1. The number of carbonyl (C=O) groups is 2. The summed E-state index contributed by atoms with van der Waals surface area (Å²) in [7, 11) is 1.43. The van der Waals surface area contributed by atoms with Crippen LogP contribution in [0.3, 0.4) is 0 Å². The minimum atomic E-state index is -0.136. The molecular weight excluding hydrogens is 330 g/mol. The van der Waals surface area contributed by atoms with E-state index < -0.39 is 0 Å². The Morgan fingerprint density at radius 3 is 2.31 bits per heavy atom. The van der Waals surface area contributed by atoms with Gasteiger partial charge in [0.2, 0.25) is 5.91 Å². The molecule has 1 amide bonds. The van der Waals surface area contributed by atoms with E-state index in [4.69, 9.17) is 4.74 Å². The minimum Gasteiger partial charge on any atom is -0.469 e. The largest absolute Gasteiger partial charge is 0.469 e. The lowest BCUT2D eigenvalue weighted by Crippen LogP contribution is -2.41. The van der Waals surface area contributed by atoms with E-state index in [1.54, 1.807) is 0 Å². The molecule has 0 radical (unpaired) electrons. The van der Waals surface area contributed by atoms with E-state index in [2.05, 4.69) is 27.2 Å². The summed E-state index contributed by atoms with van der Waals surface area (Å²) in [6, 6.07) is 8.14. The quantitative estimate of drug-likeness (QED) is 0.788. The fourth-order valence-electron chi connectivity index (χ4n) is 3.79. The van der Waals surface area contributed by atoms with Crippen LogP contribution in [0.15, 0.2) is 24.3 Å². The highest BCUT2D eigenvalue weighted by Gasteiger charge is 2.26. The molecule has 2 aliphatic heterocycles. The first kappa shape index (κ1) is 18.9. The Bertz CT molecular complexity index is 603. The van der Waals surface area contributed by atoms with Crippen molar-refractivity contribution in [2.45, 2.75) is 32.2 Å². The van der Waals surface area contributed by atoms with E-state index in [-0.39, 0.29) is 17.8 Å². The van der Waals surface area contributed by atoms with Crippen molar-refractivity contribution < 1.29 is 14.3 Å². The molecule has 3 rings (SSSR count). The average Bonchev–Trinajstić information content (AvgIpc) is 3.16. The number of piperidine rings is 1. The lowest BCUT2D eigenvalue weighted by Gasteiger charge is -2.29. The van der Waals surface area contributed by atoms with Crippen molar-refractivity contribution in [2.24, 2.45) is 5.92 Å². The third-order valence-corrected chi connectivity index (χ3v) is 5.33. The number of carbonyl (C=O) groups excluding carboxylic acids is 2. The molecule has 142 valence electrons. The summed E-state index contributed by atoms with van der Waals surface area (Å²) in [4.78, 5) is 28.4. The number of hydrogen-bond acceptors (Lipinski definition) is 5. The summed E-state index contributed by atoms with van der Waals surface area (Å²) < 4.78 is 4.80. The highest BCUT2D eigenvalue weighted by molar-refractivity contribution is 5.92. The van der Waals surface area contributed by atoms with E-state index >= 15 is 0 Å². The molecule has 0 bridgehead atoms. The molecule has 26 heavy (non-hydrogen) atoms. The van der Waals surface area contributed by atoms with Gasteiger partial charge in [0, 0.05) is 12.2 Å². The number of nitrogens with one attached hydrogen (secondary N) is 1. The number of nitrogens with zero attached hydrogens (tertiary/aromatic N) is 2. The number of methoxy groups -OCH3 is 1. The van der Waals surface area contributed by atoms with Gasteiger partial charge in [0.25, 0.3) is 0 Å². The zero-order chi connectivity index (χ0) is 18.4. The van der Waals surface area contributed by atoms with Crippen LogP contribution in [0.5, 0.6) is 0 Å². The molecule has 2 saturated heterocycles. The number of hydrogen-bond donors (Lipinski definition) is 1. The Labute approximate surface area is 155 Å². The van der Waals surface area contributed by atoms with Crippen molar-refractivity contribution in [2.75, 3.05) is 45.2 Å². The van der Waals surface area contributed by atoms with Gasteiger partial charge in [0.05, 0.1) is 19.6 Å². The first-order valence-corrected chi connectivity index (χ1v) is 9.55. The second-order valence-electron chi connectivity index (χ2n) is 7.30. The maximum atomic E-state index is 12.3. The monoisotopic (exact) mass is 359 g/mol. The van der Waals surface area contributed by atoms with Gasteiger partial charge in [0.1, 0.15) is 0 Å². The van der Waals surface area contributed by atoms with Gasteiger partial charge in [-0.3, -0.25) is 19.4 Å². The van der Waals surface area contributed by atoms with Crippen molar-refractivity contribution in [1.82, 2.24) is 9.80 Å². The number of amides is 1. The van der Waals surface area contributed by atoms with E-state index in [0.29, 0.717) is 6.54 Å². The van der Waals surface area contributed by atoms with E-state index in [1.165, 1.54) is 38.6 Å².